The molecular formula is C27H33N3O3. The van der Waals surface area contributed by atoms with Crippen LogP contribution in [0.4, 0.5) is 11.5 Å². The first-order chi connectivity index (χ1) is 15.7. The maximum atomic E-state index is 13.1. The predicted molar refractivity (Wildman–Crippen MR) is 133 cm³/mol. The molecule has 2 heterocycles. The first kappa shape index (κ1) is 22.9. The maximum absolute atomic E-state index is 13.1. The van der Waals surface area contributed by atoms with Gasteiger partial charge >= 0.3 is 5.69 Å². The highest BCUT2D eigenvalue weighted by Crippen LogP contribution is 2.42. The van der Waals surface area contributed by atoms with Crippen LogP contribution in [0, 0.1) is 0 Å². The summed E-state index contributed by atoms with van der Waals surface area (Å²) in [5.41, 5.74) is 6.14. The second kappa shape index (κ2) is 8.93. The molecule has 1 N–H and O–H groups in total. The lowest BCUT2D eigenvalue weighted by Gasteiger charge is -2.28. The number of anilines is 2. The monoisotopic (exact) mass is 447 g/mol. The second-order valence-electron chi connectivity index (χ2n) is 9.36. The van der Waals surface area contributed by atoms with Gasteiger partial charge in [-0.1, -0.05) is 52.8 Å². The summed E-state index contributed by atoms with van der Waals surface area (Å²) < 4.78 is 12.8. The van der Waals surface area contributed by atoms with Gasteiger partial charge < -0.3 is 14.8 Å². The molecule has 1 aliphatic heterocycles. The number of benzene rings is 2. The molecule has 33 heavy (non-hydrogen) atoms. The molecule has 0 radical (unpaired) electrons. The van der Waals surface area contributed by atoms with Crippen LogP contribution in [-0.2, 0) is 6.54 Å². The summed E-state index contributed by atoms with van der Waals surface area (Å²) in [6.45, 7) is 11.4. The molecule has 1 aromatic heterocycles. The highest BCUT2D eigenvalue weighted by atomic mass is 16.5. The van der Waals surface area contributed by atoms with Crippen molar-refractivity contribution < 1.29 is 9.47 Å². The number of methoxy groups -OCH3 is 2. The molecule has 6 nitrogen and oxygen atoms in total. The summed E-state index contributed by atoms with van der Waals surface area (Å²) in [5.74, 6) is 2.71. The molecule has 0 amide bonds. The Kier molecular flexibility index (Phi) is 6.19. The molecule has 0 fully saturated rings. The highest BCUT2D eigenvalue weighted by Gasteiger charge is 2.26. The van der Waals surface area contributed by atoms with Crippen LogP contribution in [0.1, 0.15) is 69.1 Å². The van der Waals surface area contributed by atoms with Crippen molar-refractivity contribution in [1.82, 2.24) is 9.55 Å². The van der Waals surface area contributed by atoms with Crippen molar-refractivity contribution in [3.63, 3.8) is 0 Å². The Labute approximate surface area is 195 Å². The Hall–Kier alpha value is -3.28. The molecule has 0 bridgehead atoms. The zero-order valence-electron chi connectivity index (χ0n) is 20.5. The summed E-state index contributed by atoms with van der Waals surface area (Å²) in [4.78, 5) is 17.5. The summed E-state index contributed by atoms with van der Waals surface area (Å²) in [5, 5.41) is 3.51. The minimum absolute atomic E-state index is 0.153. The van der Waals surface area contributed by atoms with Crippen molar-refractivity contribution in [2.45, 2.75) is 58.9 Å². The summed E-state index contributed by atoms with van der Waals surface area (Å²) in [6.07, 6.45) is 0. The molecule has 0 aliphatic carbocycles. The van der Waals surface area contributed by atoms with Crippen LogP contribution < -0.4 is 20.5 Å². The number of hydrogen-bond acceptors (Lipinski definition) is 5. The standard InChI is InChI=1S/C27H33N3O3/c1-15(2)18-9-8-10-19(16(3)4)26(18)28-25-13-22-21-12-24(33-7)23(32-6)11-20(21)17(5)14-30(22)27(31)29-25/h8-13,15-17H,14H2,1-7H3,(H,28,29,31). The van der Waals surface area contributed by atoms with Gasteiger partial charge in [-0.3, -0.25) is 4.57 Å². The van der Waals surface area contributed by atoms with E-state index in [1.165, 1.54) is 11.1 Å². The zero-order chi connectivity index (χ0) is 23.9. The number of aromatic nitrogens is 2. The molecule has 0 spiro atoms. The van der Waals surface area contributed by atoms with Crippen LogP contribution in [0.2, 0.25) is 0 Å². The van der Waals surface area contributed by atoms with Crippen LogP contribution >= 0.6 is 0 Å². The fourth-order valence-electron chi connectivity index (χ4n) is 4.69. The topological polar surface area (TPSA) is 65.4 Å². The normalized spacial score (nSPS) is 14.8. The number of hydrogen-bond donors (Lipinski definition) is 1. The van der Waals surface area contributed by atoms with E-state index >= 15 is 0 Å². The van der Waals surface area contributed by atoms with Crippen molar-refractivity contribution in [1.29, 1.82) is 0 Å². The Morgan fingerprint density at radius 1 is 1.00 bits per heavy atom. The van der Waals surface area contributed by atoms with Gasteiger partial charge in [0.1, 0.15) is 5.82 Å². The fourth-order valence-corrected chi connectivity index (χ4v) is 4.69. The van der Waals surface area contributed by atoms with E-state index in [-0.39, 0.29) is 11.6 Å². The number of nitrogens with one attached hydrogen (secondary N) is 1. The molecule has 4 rings (SSSR count). The van der Waals surface area contributed by atoms with E-state index < -0.39 is 0 Å². The summed E-state index contributed by atoms with van der Waals surface area (Å²) >= 11 is 0. The summed E-state index contributed by atoms with van der Waals surface area (Å²) in [7, 11) is 3.26. The third kappa shape index (κ3) is 4.10. The lowest BCUT2D eigenvalue weighted by molar-refractivity contribution is 0.354. The molecule has 174 valence electrons. The van der Waals surface area contributed by atoms with Gasteiger partial charge in [-0.2, -0.15) is 4.98 Å². The van der Waals surface area contributed by atoms with Crippen molar-refractivity contribution in [3.05, 3.63) is 63.6 Å². The van der Waals surface area contributed by atoms with E-state index in [0.29, 0.717) is 35.7 Å². The number of para-hydroxylation sites is 1. The second-order valence-corrected chi connectivity index (χ2v) is 9.36. The Morgan fingerprint density at radius 3 is 2.18 bits per heavy atom. The van der Waals surface area contributed by atoms with Gasteiger partial charge in [-0.15, -0.1) is 0 Å². The van der Waals surface area contributed by atoms with Gasteiger partial charge in [0.15, 0.2) is 11.5 Å². The molecule has 1 aliphatic rings. The van der Waals surface area contributed by atoms with Gasteiger partial charge in [-0.25, -0.2) is 4.79 Å². The first-order valence-corrected chi connectivity index (χ1v) is 11.5. The number of rotatable bonds is 6. The van der Waals surface area contributed by atoms with E-state index in [2.05, 4.69) is 63.1 Å². The molecular weight excluding hydrogens is 414 g/mol. The van der Waals surface area contributed by atoms with Crippen molar-refractivity contribution in [2.24, 2.45) is 0 Å². The average Bonchev–Trinajstić information content (AvgIpc) is 2.79. The predicted octanol–water partition coefficient (Wildman–Crippen LogP) is 6.04. The molecule has 2 aromatic carbocycles. The molecule has 1 atom stereocenters. The zero-order valence-corrected chi connectivity index (χ0v) is 20.5. The van der Waals surface area contributed by atoms with Crippen molar-refractivity contribution >= 4 is 11.5 Å². The van der Waals surface area contributed by atoms with Crippen LogP contribution in [-0.4, -0.2) is 23.8 Å². The van der Waals surface area contributed by atoms with Crippen molar-refractivity contribution in [3.8, 4) is 22.8 Å². The molecule has 0 saturated heterocycles. The smallest absolute Gasteiger partial charge is 0.350 e. The maximum Gasteiger partial charge on any atom is 0.350 e. The van der Waals surface area contributed by atoms with Crippen LogP contribution in [0.3, 0.4) is 0 Å². The Morgan fingerprint density at radius 2 is 1.61 bits per heavy atom. The van der Waals surface area contributed by atoms with E-state index in [1.54, 1.807) is 18.8 Å². The van der Waals surface area contributed by atoms with Gasteiger partial charge in [-0.05, 0) is 40.7 Å². The fraction of sp³-hybridized carbons (Fsp3) is 0.407. The third-order valence-corrected chi connectivity index (χ3v) is 6.46. The highest BCUT2D eigenvalue weighted by molar-refractivity contribution is 5.75. The van der Waals surface area contributed by atoms with E-state index in [1.807, 2.05) is 18.2 Å². The third-order valence-electron chi connectivity index (χ3n) is 6.46. The Balaban J connectivity index is 1.88. The SMILES string of the molecule is COc1cc2c(cc1OC)C(C)Cn1c-2cc(Nc2c(C(C)C)cccc2C(C)C)nc1=O. The van der Waals surface area contributed by atoms with Gasteiger partial charge in [0, 0.05) is 29.8 Å². The van der Waals surface area contributed by atoms with Gasteiger partial charge in [0.05, 0.1) is 19.9 Å². The molecule has 1 unspecified atom stereocenters. The van der Waals surface area contributed by atoms with Crippen LogP contribution in [0.15, 0.2) is 41.2 Å². The van der Waals surface area contributed by atoms with E-state index in [9.17, 15) is 4.79 Å². The van der Waals surface area contributed by atoms with Gasteiger partial charge in [0.25, 0.3) is 0 Å². The molecule has 3 aromatic rings. The van der Waals surface area contributed by atoms with E-state index in [0.717, 1.165) is 22.5 Å². The lowest BCUT2D eigenvalue weighted by atomic mass is 9.89. The minimum Gasteiger partial charge on any atom is -0.493 e. The largest absolute Gasteiger partial charge is 0.493 e. The lowest BCUT2D eigenvalue weighted by Crippen LogP contribution is -2.30. The molecule has 0 saturated carbocycles. The molecule has 6 heteroatoms. The minimum atomic E-state index is -0.254. The first-order valence-electron chi connectivity index (χ1n) is 11.5. The quantitative estimate of drug-likeness (QED) is 0.499. The van der Waals surface area contributed by atoms with Crippen LogP contribution in [0.5, 0.6) is 11.5 Å². The van der Waals surface area contributed by atoms with Crippen molar-refractivity contribution in [2.75, 3.05) is 19.5 Å². The van der Waals surface area contributed by atoms with Crippen LogP contribution in [0.25, 0.3) is 11.3 Å². The number of fused-ring (bicyclic) bond motifs is 3. The number of nitrogens with zero attached hydrogens (tertiary/aromatic N) is 2. The van der Waals surface area contributed by atoms with Gasteiger partial charge in [0.2, 0.25) is 0 Å². The number of ether oxygens (including phenoxy) is 2. The average molecular weight is 448 g/mol. The Bertz CT molecular complexity index is 1220. The van der Waals surface area contributed by atoms with E-state index in [4.69, 9.17) is 9.47 Å². The summed E-state index contributed by atoms with van der Waals surface area (Å²) in [6, 6.07) is 12.3.